The van der Waals surface area contributed by atoms with Gasteiger partial charge in [0.15, 0.2) is 0 Å². The normalized spacial score (nSPS) is 10.4. The van der Waals surface area contributed by atoms with Crippen LogP contribution < -0.4 is 11.0 Å². The molecule has 1 aromatic heterocycles. The maximum Gasteiger partial charge on any atom is 0.280 e. The van der Waals surface area contributed by atoms with Crippen LogP contribution in [0.4, 0.5) is 0 Å². The summed E-state index contributed by atoms with van der Waals surface area (Å²) in [5.41, 5.74) is 4.03. The van der Waals surface area contributed by atoms with Gasteiger partial charge in [0.2, 0.25) is 5.91 Å². The molecule has 0 unspecified atom stereocenters. The third kappa shape index (κ3) is 3.40. The van der Waals surface area contributed by atoms with Gasteiger partial charge in [-0.1, -0.05) is 37.3 Å². The Labute approximate surface area is 144 Å². The van der Waals surface area contributed by atoms with Crippen LogP contribution in [0.15, 0.2) is 53.3 Å². The predicted molar refractivity (Wildman–Crippen MR) is 94.6 cm³/mol. The van der Waals surface area contributed by atoms with E-state index in [1.54, 1.807) is 18.2 Å². The highest BCUT2D eigenvalue weighted by Gasteiger charge is 2.13. The topological polar surface area (TPSA) is 87.8 Å². The highest BCUT2D eigenvalue weighted by Crippen LogP contribution is 2.11. The third-order valence-electron chi connectivity index (χ3n) is 3.83. The van der Waals surface area contributed by atoms with Crippen LogP contribution in [-0.4, -0.2) is 15.6 Å². The van der Waals surface area contributed by atoms with Crippen molar-refractivity contribution in [3.8, 4) is 6.07 Å². The zero-order valence-electron chi connectivity index (χ0n) is 13.7. The second kappa shape index (κ2) is 6.97. The molecule has 0 fully saturated rings. The lowest BCUT2D eigenvalue weighted by Gasteiger charge is -2.13. The summed E-state index contributed by atoms with van der Waals surface area (Å²) in [5, 5.41) is 9.35. The molecular weight excluding hydrogens is 316 g/mol. The van der Waals surface area contributed by atoms with Crippen molar-refractivity contribution in [1.29, 1.82) is 5.26 Å². The molecule has 25 heavy (non-hydrogen) atoms. The average Bonchev–Trinajstić information content (AvgIpc) is 2.64. The highest BCUT2D eigenvalue weighted by atomic mass is 16.2. The molecule has 0 saturated carbocycles. The van der Waals surface area contributed by atoms with E-state index in [4.69, 9.17) is 5.26 Å². The van der Waals surface area contributed by atoms with Crippen LogP contribution in [-0.2, 0) is 17.6 Å². The maximum absolute atomic E-state index is 12.7. The SMILES string of the molecule is CCc1nc2cc(C#N)ccc2c(=O)n1NC(=O)Cc1ccccc1. The summed E-state index contributed by atoms with van der Waals surface area (Å²) in [6, 6.07) is 16.0. The van der Waals surface area contributed by atoms with E-state index < -0.39 is 0 Å². The molecular formula is C19H16N4O2. The largest absolute Gasteiger partial charge is 0.280 e. The predicted octanol–water partition coefficient (Wildman–Crippen LogP) is 2.14. The van der Waals surface area contributed by atoms with Crippen molar-refractivity contribution in [2.75, 3.05) is 5.43 Å². The van der Waals surface area contributed by atoms with Gasteiger partial charge in [-0.05, 0) is 23.8 Å². The number of hydrogen-bond donors (Lipinski definition) is 1. The minimum atomic E-state index is -0.354. The molecule has 6 heteroatoms. The Kier molecular flexibility index (Phi) is 4.57. The maximum atomic E-state index is 12.7. The van der Waals surface area contributed by atoms with E-state index in [1.807, 2.05) is 43.3 Å². The Bertz CT molecular complexity index is 1030. The second-order valence-corrected chi connectivity index (χ2v) is 5.56. The lowest BCUT2D eigenvalue weighted by molar-refractivity contribution is -0.116. The van der Waals surface area contributed by atoms with E-state index in [1.165, 1.54) is 4.68 Å². The van der Waals surface area contributed by atoms with Crippen LogP contribution in [0.2, 0.25) is 0 Å². The van der Waals surface area contributed by atoms with Gasteiger partial charge in [0, 0.05) is 6.42 Å². The van der Waals surface area contributed by atoms with Gasteiger partial charge in [0.25, 0.3) is 5.56 Å². The number of nitrogens with one attached hydrogen (secondary N) is 1. The van der Waals surface area contributed by atoms with E-state index in [0.29, 0.717) is 28.7 Å². The number of nitriles is 1. The summed E-state index contributed by atoms with van der Waals surface area (Å²) in [4.78, 5) is 29.4. The van der Waals surface area contributed by atoms with Crippen LogP contribution >= 0.6 is 0 Å². The summed E-state index contributed by atoms with van der Waals surface area (Å²) in [6.45, 7) is 1.85. The molecule has 0 radical (unpaired) electrons. The van der Waals surface area contributed by atoms with Gasteiger partial charge < -0.3 is 0 Å². The fourth-order valence-electron chi connectivity index (χ4n) is 2.60. The van der Waals surface area contributed by atoms with Gasteiger partial charge in [0.05, 0.1) is 29.0 Å². The number of aryl methyl sites for hydroxylation is 1. The Hall–Kier alpha value is -3.46. The molecule has 1 heterocycles. The number of aromatic nitrogens is 2. The smallest absolute Gasteiger partial charge is 0.273 e. The lowest BCUT2D eigenvalue weighted by Crippen LogP contribution is -2.37. The number of carbonyl (C=O) groups excluding carboxylic acids is 1. The molecule has 0 aliphatic rings. The number of benzene rings is 2. The molecule has 3 aromatic rings. The molecule has 0 spiro atoms. The first-order valence-electron chi connectivity index (χ1n) is 7.92. The summed E-state index contributed by atoms with van der Waals surface area (Å²) >= 11 is 0. The Morgan fingerprint density at radius 2 is 2.00 bits per heavy atom. The van der Waals surface area contributed by atoms with Crippen LogP contribution in [0, 0.1) is 11.3 Å². The standard InChI is InChI=1S/C19H16N4O2/c1-2-17-21-16-10-14(12-20)8-9-15(16)19(25)23(17)22-18(24)11-13-6-4-3-5-7-13/h3-10H,2,11H2,1H3,(H,22,24). The van der Waals surface area contributed by atoms with Gasteiger partial charge in [-0.2, -0.15) is 5.26 Å². The molecule has 1 amide bonds. The highest BCUT2D eigenvalue weighted by molar-refractivity contribution is 5.86. The van der Waals surface area contributed by atoms with Crippen molar-refractivity contribution < 1.29 is 4.79 Å². The van der Waals surface area contributed by atoms with E-state index in [9.17, 15) is 9.59 Å². The number of hydrogen-bond acceptors (Lipinski definition) is 4. The monoisotopic (exact) mass is 332 g/mol. The fourth-order valence-corrected chi connectivity index (χ4v) is 2.60. The molecule has 6 nitrogen and oxygen atoms in total. The summed E-state index contributed by atoms with van der Waals surface area (Å²) < 4.78 is 1.19. The number of carbonyl (C=O) groups is 1. The molecule has 3 rings (SSSR count). The first-order chi connectivity index (χ1) is 12.1. The van der Waals surface area contributed by atoms with E-state index in [2.05, 4.69) is 10.4 Å². The van der Waals surface area contributed by atoms with E-state index in [-0.39, 0.29) is 17.9 Å². The molecule has 0 atom stereocenters. The van der Waals surface area contributed by atoms with Crippen molar-refractivity contribution in [2.45, 2.75) is 19.8 Å². The van der Waals surface area contributed by atoms with Gasteiger partial charge in [-0.25, -0.2) is 9.66 Å². The summed E-state index contributed by atoms with van der Waals surface area (Å²) in [7, 11) is 0. The van der Waals surface area contributed by atoms with Crippen molar-refractivity contribution in [1.82, 2.24) is 9.66 Å². The van der Waals surface area contributed by atoms with Crippen molar-refractivity contribution in [3.05, 3.63) is 75.8 Å². The van der Waals surface area contributed by atoms with Crippen molar-refractivity contribution in [3.63, 3.8) is 0 Å². The van der Waals surface area contributed by atoms with Crippen molar-refractivity contribution >= 4 is 16.8 Å². The molecule has 0 aliphatic heterocycles. The number of fused-ring (bicyclic) bond motifs is 1. The molecule has 124 valence electrons. The quantitative estimate of drug-likeness (QED) is 0.793. The molecule has 0 aliphatic carbocycles. The van der Waals surface area contributed by atoms with Gasteiger partial charge >= 0.3 is 0 Å². The van der Waals surface area contributed by atoms with E-state index in [0.717, 1.165) is 5.56 Å². The van der Waals surface area contributed by atoms with Crippen LogP contribution in [0.3, 0.4) is 0 Å². The Balaban J connectivity index is 1.98. The summed E-state index contributed by atoms with van der Waals surface area (Å²) in [6.07, 6.45) is 0.634. The first-order valence-corrected chi connectivity index (χ1v) is 7.92. The lowest BCUT2D eigenvalue weighted by atomic mass is 10.1. The van der Waals surface area contributed by atoms with Crippen LogP contribution in [0.25, 0.3) is 10.9 Å². The van der Waals surface area contributed by atoms with Crippen LogP contribution in [0.5, 0.6) is 0 Å². The number of rotatable bonds is 4. The fraction of sp³-hybridized carbons (Fsp3) is 0.158. The van der Waals surface area contributed by atoms with E-state index >= 15 is 0 Å². The first kappa shape index (κ1) is 16.4. The minimum Gasteiger partial charge on any atom is -0.273 e. The second-order valence-electron chi connectivity index (χ2n) is 5.56. The van der Waals surface area contributed by atoms with Gasteiger partial charge in [-0.15, -0.1) is 0 Å². The number of nitrogens with zero attached hydrogens (tertiary/aromatic N) is 3. The average molecular weight is 332 g/mol. The molecule has 2 aromatic carbocycles. The van der Waals surface area contributed by atoms with Crippen LogP contribution in [0.1, 0.15) is 23.9 Å². The zero-order valence-corrected chi connectivity index (χ0v) is 13.7. The van der Waals surface area contributed by atoms with Gasteiger partial charge in [0.1, 0.15) is 5.82 Å². The molecule has 0 bridgehead atoms. The molecule has 1 N–H and O–H groups in total. The molecule has 0 saturated heterocycles. The zero-order chi connectivity index (χ0) is 17.8. The Morgan fingerprint density at radius 3 is 2.68 bits per heavy atom. The minimum absolute atomic E-state index is 0.168. The Morgan fingerprint density at radius 1 is 1.24 bits per heavy atom. The number of amides is 1. The van der Waals surface area contributed by atoms with Gasteiger partial charge in [-0.3, -0.25) is 15.0 Å². The summed E-state index contributed by atoms with van der Waals surface area (Å²) in [5.74, 6) is 0.145. The van der Waals surface area contributed by atoms with Crippen molar-refractivity contribution in [2.24, 2.45) is 0 Å². The third-order valence-corrected chi connectivity index (χ3v) is 3.83.